The molecule has 0 fully saturated rings. The monoisotopic (exact) mass is 275 g/mol. The van der Waals surface area contributed by atoms with E-state index in [0.717, 1.165) is 11.0 Å². The fraction of sp³-hybridized carbons (Fsp3) is 0.143. The second kappa shape index (κ2) is 5.17. The zero-order chi connectivity index (χ0) is 11.4. The number of hydrogen-bond acceptors (Lipinski definition) is 1. The third-order valence-electron chi connectivity index (χ3n) is 2.53. The first-order valence-corrected chi connectivity index (χ1v) is 6.19. The largest absolute Gasteiger partial charge is 0.341 e. The summed E-state index contributed by atoms with van der Waals surface area (Å²) in [5.74, 6) is 0. The van der Waals surface area contributed by atoms with Gasteiger partial charge in [0.1, 0.15) is 0 Å². The SMILES string of the molecule is CCN(c1ccccc1)c1ccccc1Br. The predicted molar refractivity (Wildman–Crippen MR) is 73.3 cm³/mol. The minimum atomic E-state index is 0.951. The van der Waals surface area contributed by atoms with Crippen LogP contribution in [0.4, 0.5) is 11.4 Å². The van der Waals surface area contributed by atoms with Gasteiger partial charge in [-0.25, -0.2) is 0 Å². The average molecular weight is 276 g/mol. The number of benzene rings is 2. The molecule has 0 aliphatic carbocycles. The molecular weight excluding hydrogens is 262 g/mol. The summed E-state index contributed by atoms with van der Waals surface area (Å²) in [6.45, 7) is 3.11. The molecule has 2 aromatic carbocycles. The van der Waals surface area contributed by atoms with E-state index in [-0.39, 0.29) is 0 Å². The van der Waals surface area contributed by atoms with Crippen molar-refractivity contribution in [3.63, 3.8) is 0 Å². The number of halogens is 1. The molecule has 0 spiro atoms. The maximum absolute atomic E-state index is 3.59. The number of para-hydroxylation sites is 2. The molecule has 2 aromatic rings. The zero-order valence-electron chi connectivity index (χ0n) is 9.23. The van der Waals surface area contributed by atoms with E-state index in [1.165, 1.54) is 11.4 Å². The summed E-state index contributed by atoms with van der Waals surface area (Å²) < 4.78 is 1.13. The van der Waals surface area contributed by atoms with Crippen molar-refractivity contribution < 1.29 is 0 Å². The number of hydrogen-bond donors (Lipinski definition) is 0. The van der Waals surface area contributed by atoms with Gasteiger partial charge < -0.3 is 4.90 Å². The van der Waals surface area contributed by atoms with Gasteiger partial charge in [-0.1, -0.05) is 30.3 Å². The molecule has 1 nitrogen and oxygen atoms in total. The summed E-state index contributed by atoms with van der Waals surface area (Å²) in [5, 5.41) is 0. The zero-order valence-corrected chi connectivity index (χ0v) is 10.8. The molecule has 0 saturated heterocycles. The van der Waals surface area contributed by atoms with Crippen molar-refractivity contribution in [3.05, 3.63) is 59.1 Å². The lowest BCUT2D eigenvalue weighted by atomic mass is 10.2. The quantitative estimate of drug-likeness (QED) is 0.791. The summed E-state index contributed by atoms with van der Waals surface area (Å²) in [4.78, 5) is 2.28. The molecule has 0 unspecified atom stereocenters. The summed E-state index contributed by atoms with van der Waals surface area (Å²) in [6, 6.07) is 18.7. The van der Waals surface area contributed by atoms with Gasteiger partial charge in [-0.2, -0.15) is 0 Å². The van der Waals surface area contributed by atoms with Gasteiger partial charge in [-0.3, -0.25) is 0 Å². The van der Waals surface area contributed by atoms with Crippen molar-refractivity contribution in [2.45, 2.75) is 6.92 Å². The Morgan fingerprint density at radius 1 is 0.938 bits per heavy atom. The van der Waals surface area contributed by atoms with Crippen molar-refractivity contribution in [2.24, 2.45) is 0 Å². The fourth-order valence-corrected chi connectivity index (χ4v) is 2.27. The molecule has 16 heavy (non-hydrogen) atoms. The van der Waals surface area contributed by atoms with Crippen LogP contribution in [-0.4, -0.2) is 6.54 Å². The lowest BCUT2D eigenvalue weighted by molar-refractivity contribution is 1.02. The molecule has 0 amide bonds. The molecule has 0 aromatic heterocycles. The van der Waals surface area contributed by atoms with Crippen LogP contribution in [0.5, 0.6) is 0 Å². The van der Waals surface area contributed by atoms with Gasteiger partial charge in [0.05, 0.1) is 5.69 Å². The Balaban J connectivity index is 2.41. The van der Waals surface area contributed by atoms with Crippen LogP contribution in [0.2, 0.25) is 0 Å². The van der Waals surface area contributed by atoms with E-state index in [2.05, 4.69) is 70.2 Å². The van der Waals surface area contributed by atoms with Crippen molar-refractivity contribution in [2.75, 3.05) is 11.4 Å². The van der Waals surface area contributed by atoms with E-state index in [1.807, 2.05) is 12.1 Å². The topological polar surface area (TPSA) is 3.24 Å². The summed E-state index contributed by atoms with van der Waals surface area (Å²) >= 11 is 3.59. The first kappa shape index (κ1) is 11.2. The first-order chi connectivity index (χ1) is 7.83. The number of anilines is 2. The van der Waals surface area contributed by atoms with Crippen molar-refractivity contribution in [1.82, 2.24) is 0 Å². The highest BCUT2D eigenvalue weighted by Gasteiger charge is 2.08. The summed E-state index contributed by atoms with van der Waals surface area (Å²) in [6.07, 6.45) is 0. The molecule has 0 N–H and O–H groups in total. The average Bonchev–Trinajstić information content (AvgIpc) is 2.34. The fourth-order valence-electron chi connectivity index (χ4n) is 1.77. The summed E-state index contributed by atoms with van der Waals surface area (Å²) in [7, 11) is 0. The highest BCUT2D eigenvalue weighted by molar-refractivity contribution is 9.10. The van der Waals surface area contributed by atoms with E-state index in [4.69, 9.17) is 0 Å². The first-order valence-electron chi connectivity index (χ1n) is 5.40. The van der Waals surface area contributed by atoms with Gasteiger partial charge in [-0.05, 0) is 47.1 Å². The van der Waals surface area contributed by atoms with E-state index in [9.17, 15) is 0 Å². The lowest BCUT2D eigenvalue weighted by Crippen LogP contribution is -2.16. The predicted octanol–water partition coefficient (Wildman–Crippen LogP) is 4.61. The van der Waals surface area contributed by atoms with Crippen LogP contribution in [0, 0.1) is 0 Å². The van der Waals surface area contributed by atoms with E-state index >= 15 is 0 Å². The van der Waals surface area contributed by atoms with Gasteiger partial charge in [0.25, 0.3) is 0 Å². The van der Waals surface area contributed by atoms with E-state index in [0.29, 0.717) is 0 Å². The van der Waals surface area contributed by atoms with Crippen LogP contribution in [0.3, 0.4) is 0 Å². The van der Waals surface area contributed by atoms with Gasteiger partial charge in [0, 0.05) is 16.7 Å². The van der Waals surface area contributed by atoms with Crippen LogP contribution < -0.4 is 4.90 Å². The Hall–Kier alpha value is -1.28. The molecule has 2 heteroatoms. The lowest BCUT2D eigenvalue weighted by Gasteiger charge is -2.24. The smallest absolute Gasteiger partial charge is 0.0555 e. The van der Waals surface area contributed by atoms with Gasteiger partial charge in [-0.15, -0.1) is 0 Å². The second-order valence-electron chi connectivity index (χ2n) is 3.53. The molecule has 0 saturated carbocycles. The highest BCUT2D eigenvalue weighted by Crippen LogP contribution is 2.31. The maximum atomic E-state index is 3.59. The Morgan fingerprint density at radius 2 is 1.56 bits per heavy atom. The minimum absolute atomic E-state index is 0.951. The van der Waals surface area contributed by atoms with Crippen LogP contribution in [0.1, 0.15) is 6.92 Å². The van der Waals surface area contributed by atoms with Crippen LogP contribution in [0.25, 0.3) is 0 Å². The Bertz CT molecular complexity index is 453. The molecule has 0 bridgehead atoms. The third kappa shape index (κ3) is 2.27. The molecule has 2 rings (SSSR count). The Morgan fingerprint density at radius 3 is 2.19 bits per heavy atom. The standard InChI is InChI=1S/C14H14BrN/c1-2-16(12-8-4-3-5-9-12)14-11-7-6-10-13(14)15/h3-11H,2H2,1H3. The normalized spacial score (nSPS) is 10.1. The molecule has 0 atom stereocenters. The van der Waals surface area contributed by atoms with E-state index in [1.54, 1.807) is 0 Å². The molecular formula is C14H14BrN. The Labute approximate surface area is 105 Å². The Kier molecular flexibility index (Phi) is 3.62. The number of nitrogens with zero attached hydrogens (tertiary/aromatic N) is 1. The van der Waals surface area contributed by atoms with Gasteiger partial charge in [0.2, 0.25) is 0 Å². The number of rotatable bonds is 3. The molecule has 82 valence electrons. The van der Waals surface area contributed by atoms with Crippen LogP contribution >= 0.6 is 15.9 Å². The van der Waals surface area contributed by atoms with Crippen LogP contribution in [0.15, 0.2) is 59.1 Å². The third-order valence-corrected chi connectivity index (χ3v) is 3.20. The molecule has 0 radical (unpaired) electrons. The van der Waals surface area contributed by atoms with Crippen LogP contribution in [-0.2, 0) is 0 Å². The summed E-state index contributed by atoms with van der Waals surface area (Å²) in [5.41, 5.74) is 2.42. The minimum Gasteiger partial charge on any atom is -0.341 e. The molecule has 0 heterocycles. The maximum Gasteiger partial charge on any atom is 0.0555 e. The second-order valence-corrected chi connectivity index (χ2v) is 4.39. The van der Waals surface area contributed by atoms with Crippen molar-refractivity contribution in [1.29, 1.82) is 0 Å². The molecule has 0 aliphatic rings. The van der Waals surface area contributed by atoms with Gasteiger partial charge >= 0.3 is 0 Å². The molecule has 0 aliphatic heterocycles. The van der Waals surface area contributed by atoms with Crippen molar-refractivity contribution in [3.8, 4) is 0 Å². The highest BCUT2D eigenvalue weighted by atomic mass is 79.9. The van der Waals surface area contributed by atoms with E-state index < -0.39 is 0 Å². The van der Waals surface area contributed by atoms with Gasteiger partial charge in [0.15, 0.2) is 0 Å². The van der Waals surface area contributed by atoms with Crippen molar-refractivity contribution >= 4 is 27.3 Å².